The average molecular weight is 270 g/mol. The number of fused-ring (bicyclic) bond motifs is 1. The lowest BCUT2D eigenvalue weighted by atomic mass is 10.2. The lowest BCUT2D eigenvalue weighted by Crippen LogP contribution is -2.06. The molecule has 5 heteroatoms. The van der Waals surface area contributed by atoms with Gasteiger partial charge in [-0.1, -0.05) is 12.1 Å². The fourth-order valence-corrected chi connectivity index (χ4v) is 2.75. The number of hydrogen-bond donors (Lipinski definition) is 2. The molecule has 0 saturated carbocycles. The summed E-state index contributed by atoms with van der Waals surface area (Å²) in [6.07, 6.45) is 0. The molecule has 0 fully saturated rings. The maximum absolute atomic E-state index is 5.93. The van der Waals surface area contributed by atoms with E-state index in [9.17, 15) is 0 Å². The van der Waals surface area contributed by atoms with Crippen LogP contribution in [0.1, 0.15) is 11.1 Å². The first-order valence-electron chi connectivity index (χ1n) is 6.02. The van der Waals surface area contributed by atoms with E-state index in [4.69, 9.17) is 5.73 Å². The molecule has 19 heavy (non-hydrogen) atoms. The molecule has 0 amide bonds. The third-order valence-electron chi connectivity index (χ3n) is 3.01. The molecule has 0 unspecified atom stereocenters. The molecule has 2 heterocycles. The zero-order valence-corrected chi connectivity index (χ0v) is 11.4. The first-order chi connectivity index (χ1) is 9.24. The number of nitrogens with one attached hydrogen (secondary N) is 1. The second kappa shape index (κ2) is 4.85. The molecule has 0 bridgehead atoms. The van der Waals surface area contributed by atoms with Crippen molar-refractivity contribution in [2.24, 2.45) is 0 Å². The summed E-state index contributed by atoms with van der Waals surface area (Å²) in [5.74, 6) is 1.08. The number of rotatable bonds is 3. The summed E-state index contributed by atoms with van der Waals surface area (Å²) in [5.41, 5.74) is 10.1. The molecule has 0 atom stereocenters. The Morgan fingerprint density at radius 2 is 1.89 bits per heavy atom. The highest BCUT2D eigenvalue weighted by atomic mass is 32.1. The topological polar surface area (TPSA) is 63.8 Å². The van der Waals surface area contributed by atoms with Gasteiger partial charge in [0.15, 0.2) is 11.6 Å². The Hall–Kier alpha value is -2.14. The van der Waals surface area contributed by atoms with Crippen LogP contribution in [0.15, 0.2) is 35.0 Å². The van der Waals surface area contributed by atoms with Gasteiger partial charge in [-0.3, -0.25) is 0 Å². The first kappa shape index (κ1) is 11.9. The Morgan fingerprint density at radius 1 is 1.16 bits per heavy atom. The molecule has 0 aliphatic rings. The number of para-hydroxylation sites is 2. The molecule has 96 valence electrons. The van der Waals surface area contributed by atoms with Gasteiger partial charge in [0.2, 0.25) is 0 Å². The van der Waals surface area contributed by atoms with Crippen molar-refractivity contribution >= 4 is 34.0 Å². The minimum atomic E-state index is 0.437. The summed E-state index contributed by atoms with van der Waals surface area (Å²) < 4.78 is 0. The van der Waals surface area contributed by atoms with Crippen LogP contribution in [0.25, 0.3) is 11.0 Å². The van der Waals surface area contributed by atoms with E-state index in [0.717, 1.165) is 11.0 Å². The molecule has 0 spiro atoms. The maximum atomic E-state index is 5.93. The summed E-state index contributed by atoms with van der Waals surface area (Å²) in [4.78, 5) is 8.86. The quantitative estimate of drug-likeness (QED) is 0.767. The Morgan fingerprint density at radius 3 is 2.58 bits per heavy atom. The van der Waals surface area contributed by atoms with Gasteiger partial charge >= 0.3 is 0 Å². The third kappa shape index (κ3) is 2.37. The Balaban J connectivity index is 1.88. The number of anilines is 2. The van der Waals surface area contributed by atoms with Crippen LogP contribution in [0, 0.1) is 6.92 Å². The van der Waals surface area contributed by atoms with Crippen LogP contribution >= 0.6 is 11.3 Å². The molecular weight excluding hydrogens is 256 g/mol. The van der Waals surface area contributed by atoms with Crippen molar-refractivity contribution in [2.45, 2.75) is 13.5 Å². The van der Waals surface area contributed by atoms with Crippen molar-refractivity contribution in [3.05, 3.63) is 46.2 Å². The molecular formula is C14H14N4S. The van der Waals surface area contributed by atoms with Crippen molar-refractivity contribution in [3.8, 4) is 0 Å². The second-order valence-electron chi connectivity index (χ2n) is 4.38. The van der Waals surface area contributed by atoms with Crippen LogP contribution in [0.3, 0.4) is 0 Å². The largest absolute Gasteiger partial charge is 0.381 e. The van der Waals surface area contributed by atoms with Gasteiger partial charge in [0.05, 0.1) is 11.0 Å². The van der Waals surface area contributed by atoms with E-state index in [1.807, 2.05) is 24.3 Å². The van der Waals surface area contributed by atoms with Gasteiger partial charge in [-0.25, -0.2) is 9.97 Å². The number of aryl methyl sites for hydroxylation is 1. The number of benzene rings is 1. The SMILES string of the molecule is Cc1cscc1CNc1nc2ccccc2nc1N. The molecule has 0 saturated heterocycles. The Bertz CT molecular complexity index is 720. The van der Waals surface area contributed by atoms with Crippen molar-refractivity contribution in [1.82, 2.24) is 9.97 Å². The lowest BCUT2D eigenvalue weighted by molar-refractivity contribution is 1.10. The van der Waals surface area contributed by atoms with E-state index in [2.05, 4.69) is 33.0 Å². The minimum Gasteiger partial charge on any atom is -0.381 e. The predicted octanol–water partition coefficient (Wildman–Crippen LogP) is 3.19. The molecule has 3 rings (SSSR count). The predicted molar refractivity (Wildman–Crippen MR) is 80.3 cm³/mol. The number of hydrogen-bond acceptors (Lipinski definition) is 5. The minimum absolute atomic E-state index is 0.437. The molecule has 0 aliphatic carbocycles. The van der Waals surface area contributed by atoms with Crippen LogP contribution in [0.2, 0.25) is 0 Å². The number of nitrogens with zero attached hydrogens (tertiary/aromatic N) is 2. The maximum Gasteiger partial charge on any atom is 0.169 e. The molecule has 3 N–H and O–H groups in total. The van der Waals surface area contributed by atoms with Crippen LogP contribution in [0.4, 0.5) is 11.6 Å². The number of aromatic nitrogens is 2. The molecule has 3 aromatic rings. The molecule has 0 aliphatic heterocycles. The van der Waals surface area contributed by atoms with Crippen LogP contribution in [-0.4, -0.2) is 9.97 Å². The van der Waals surface area contributed by atoms with E-state index >= 15 is 0 Å². The second-order valence-corrected chi connectivity index (χ2v) is 5.12. The van der Waals surface area contributed by atoms with Gasteiger partial charge in [0, 0.05) is 6.54 Å². The van der Waals surface area contributed by atoms with E-state index < -0.39 is 0 Å². The van der Waals surface area contributed by atoms with Crippen LogP contribution in [-0.2, 0) is 6.54 Å². The van der Waals surface area contributed by atoms with Gasteiger partial charge in [-0.05, 0) is 40.9 Å². The van der Waals surface area contributed by atoms with E-state index in [0.29, 0.717) is 18.2 Å². The first-order valence-corrected chi connectivity index (χ1v) is 6.96. The summed E-state index contributed by atoms with van der Waals surface area (Å²) in [6, 6.07) is 7.71. The van der Waals surface area contributed by atoms with Crippen molar-refractivity contribution < 1.29 is 0 Å². The van der Waals surface area contributed by atoms with Gasteiger partial charge in [0.1, 0.15) is 0 Å². The van der Waals surface area contributed by atoms with E-state index in [1.54, 1.807) is 11.3 Å². The zero-order chi connectivity index (χ0) is 13.2. The smallest absolute Gasteiger partial charge is 0.169 e. The molecule has 2 aromatic heterocycles. The number of nitrogens with two attached hydrogens (primary N) is 1. The number of thiophene rings is 1. The summed E-state index contributed by atoms with van der Waals surface area (Å²) in [5, 5.41) is 7.52. The van der Waals surface area contributed by atoms with Crippen LogP contribution in [0.5, 0.6) is 0 Å². The van der Waals surface area contributed by atoms with Crippen molar-refractivity contribution in [2.75, 3.05) is 11.1 Å². The monoisotopic (exact) mass is 270 g/mol. The highest BCUT2D eigenvalue weighted by Crippen LogP contribution is 2.20. The lowest BCUT2D eigenvalue weighted by Gasteiger charge is -2.08. The highest BCUT2D eigenvalue weighted by molar-refractivity contribution is 7.08. The standard InChI is InChI=1S/C14H14N4S/c1-9-7-19-8-10(9)6-16-14-13(15)17-11-4-2-3-5-12(11)18-14/h2-5,7-8H,6H2,1H3,(H2,15,17)(H,16,18). The van der Waals surface area contributed by atoms with Gasteiger partial charge in [0.25, 0.3) is 0 Å². The molecule has 1 aromatic carbocycles. The zero-order valence-electron chi connectivity index (χ0n) is 10.6. The van der Waals surface area contributed by atoms with Crippen molar-refractivity contribution in [1.29, 1.82) is 0 Å². The van der Waals surface area contributed by atoms with Gasteiger partial charge < -0.3 is 11.1 Å². The Labute approximate surface area is 115 Å². The highest BCUT2D eigenvalue weighted by Gasteiger charge is 2.06. The fourth-order valence-electron chi connectivity index (χ4n) is 1.89. The van der Waals surface area contributed by atoms with Crippen molar-refractivity contribution in [3.63, 3.8) is 0 Å². The summed E-state index contributed by atoms with van der Waals surface area (Å²) in [6.45, 7) is 2.81. The molecule has 0 radical (unpaired) electrons. The van der Waals surface area contributed by atoms with Gasteiger partial charge in [-0.2, -0.15) is 11.3 Å². The Kier molecular flexibility index (Phi) is 3.05. The normalized spacial score (nSPS) is 10.8. The van der Waals surface area contributed by atoms with Gasteiger partial charge in [-0.15, -0.1) is 0 Å². The van der Waals surface area contributed by atoms with E-state index in [1.165, 1.54) is 11.1 Å². The number of nitrogen functional groups attached to an aromatic ring is 1. The fraction of sp³-hybridized carbons (Fsp3) is 0.143. The van der Waals surface area contributed by atoms with E-state index in [-0.39, 0.29) is 0 Å². The average Bonchev–Trinajstić information content (AvgIpc) is 2.82. The third-order valence-corrected chi connectivity index (χ3v) is 3.92. The molecule has 4 nitrogen and oxygen atoms in total. The van der Waals surface area contributed by atoms with Crippen LogP contribution < -0.4 is 11.1 Å². The summed E-state index contributed by atoms with van der Waals surface area (Å²) >= 11 is 1.70. The summed E-state index contributed by atoms with van der Waals surface area (Å²) in [7, 11) is 0.